The molecule has 1 N–H and O–H groups in total. The average molecular weight is 536 g/mol. The van der Waals surface area contributed by atoms with E-state index in [1.807, 2.05) is 45.0 Å². The lowest BCUT2D eigenvalue weighted by molar-refractivity contribution is -0.116. The zero-order chi connectivity index (χ0) is 26.3. The molecule has 0 fully saturated rings. The van der Waals surface area contributed by atoms with Gasteiger partial charge in [-0.2, -0.15) is 0 Å². The van der Waals surface area contributed by atoms with Crippen LogP contribution in [-0.4, -0.2) is 28.0 Å². The smallest absolute Gasteiger partial charge is 0.341 e. The average Bonchev–Trinajstić information content (AvgIpc) is 3.37. The minimum Gasteiger partial charge on any atom is -0.462 e. The minimum absolute atomic E-state index is 0.194. The maximum atomic E-state index is 13.9. The van der Waals surface area contributed by atoms with Crippen molar-refractivity contribution in [1.82, 2.24) is 9.55 Å². The Hall–Kier alpha value is -3.30. The highest BCUT2D eigenvalue weighted by atomic mass is 32.1. The first-order valence-corrected chi connectivity index (χ1v) is 14.1. The van der Waals surface area contributed by atoms with Crippen molar-refractivity contribution in [1.29, 1.82) is 0 Å². The van der Waals surface area contributed by atoms with Crippen molar-refractivity contribution >= 4 is 49.8 Å². The van der Waals surface area contributed by atoms with Crippen molar-refractivity contribution in [3.8, 4) is 11.4 Å². The van der Waals surface area contributed by atoms with Gasteiger partial charge in [0.15, 0.2) is 0 Å². The van der Waals surface area contributed by atoms with Crippen molar-refractivity contribution in [3.05, 3.63) is 66.6 Å². The molecule has 9 heteroatoms. The Bertz CT molecular complexity index is 1600. The van der Waals surface area contributed by atoms with E-state index >= 15 is 0 Å². The Labute approximate surface area is 223 Å². The van der Waals surface area contributed by atoms with Gasteiger partial charge in [-0.25, -0.2) is 9.78 Å². The van der Waals surface area contributed by atoms with Gasteiger partial charge in [-0.05, 0) is 70.6 Å². The van der Waals surface area contributed by atoms with Gasteiger partial charge in [0.25, 0.3) is 5.56 Å². The van der Waals surface area contributed by atoms with Gasteiger partial charge >= 0.3 is 5.97 Å². The van der Waals surface area contributed by atoms with Gasteiger partial charge in [-0.3, -0.25) is 14.2 Å². The molecule has 0 aliphatic heterocycles. The lowest BCUT2D eigenvalue weighted by atomic mass is 9.97. The van der Waals surface area contributed by atoms with Crippen LogP contribution in [0, 0.1) is 20.8 Å². The highest BCUT2D eigenvalue weighted by Gasteiger charge is 2.25. The van der Waals surface area contributed by atoms with E-state index in [9.17, 15) is 14.4 Å². The zero-order valence-electron chi connectivity index (χ0n) is 21.4. The quantitative estimate of drug-likeness (QED) is 0.315. The number of rotatable bonds is 6. The lowest BCUT2D eigenvalue weighted by Gasteiger charge is -2.14. The Balaban J connectivity index is 1.58. The molecule has 0 bridgehead atoms. The van der Waals surface area contributed by atoms with Crippen molar-refractivity contribution in [2.75, 3.05) is 11.9 Å². The highest BCUT2D eigenvalue weighted by Crippen LogP contribution is 2.35. The largest absolute Gasteiger partial charge is 0.462 e. The van der Waals surface area contributed by atoms with Crippen LogP contribution in [0.1, 0.15) is 56.6 Å². The van der Waals surface area contributed by atoms with Crippen molar-refractivity contribution < 1.29 is 14.3 Å². The number of hydrogen-bond acceptors (Lipinski definition) is 7. The summed E-state index contributed by atoms with van der Waals surface area (Å²) in [7, 11) is 0. The lowest BCUT2D eigenvalue weighted by Crippen LogP contribution is -2.30. The number of anilines is 1. The molecule has 0 spiro atoms. The molecule has 3 aromatic heterocycles. The summed E-state index contributed by atoms with van der Waals surface area (Å²) in [6.07, 6.45) is 3.98. The number of ether oxygens (including phenoxy) is 1. The van der Waals surface area contributed by atoms with Crippen LogP contribution >= 0.6 is 22.7 Å². The van der Waals surface area contributed by atoms with Gasteiger partial charge < -0.3 is 10.1 Å². The van der Waals surface area contributed by atoms with Crippen LogP contribution in [0.4, 0.5) is 5.00 Å². The monoisotopic (exact) mass is 535 g/mol. The number of amides is 1. The van der Waals surface area contributed by atoms with E-state index in [2.05, 4.69) is 5.32 Å². The molecule has 1 aliphatic rings. The van der Waals surface area contributed by atoms with Crippen LogP contribution in [0.5, 0.6) is 0 Å². The molecule has 1 aromatic carbocycles. The standard InChI is InChI=1S/C28H29N3O4S2/c1-5-35-28(34)22-16(3)17(4)36-25(22)29-21(32)14-31-24(18-10-8-9-15(2)13-18)30-26-23(27(31)33)19-11-6-7-12-20(19)37-26/h8-10,13H,5-7,11-12,14H2,1-4H3,(H,29,32). The maximum Gasteiger partial charge on any atom is 0.341 e. The first-order chi connectivity index (χ1) is 17.8. The second-order valence-electron chi connectivity index (χ2n) is 9.34. The van der Waals surface area contributed by atoms with Gasteiger partial charge in [0.05, 0.1) is 17.6 Å². The molecule has 0 atom stereocenters. The van der Waals surface area contributed by atoms with Crippen molar-refractivity contribution in [2.45, 2.75) is 59.9 Å². The van der Waals surface area contributed by atoms with Crippen LogP contribution in [0.15, 0.2) is 29.1 Å². The van der Waals surface area contributed by atoms with E-state index in [1.54, 1.807) is 18.3 Å². The fourth-order valence-electron chi connectivity index (χ4n) is 4.86. The highest BCUT2D eigenvalue weighted by molar-refractivity contribution is 7.18. The Morgan fingerprint density at radius 2 is 1.92 bits per heavy atom. The molecular formula is C28H29N3O4S2. The van der Waals surface area contributed by atoms with Gasteiger partial charge in [-0.15, -0.1) is 22.7 Å². The predicted octanol–water partition coefficient (Wildman–Crippen LogP) is 5.81. The van der Waals surface area contributed by atoms with Crippen LogP contribution in [0.2, 0.25) is 0 Å². The maximum absolute atomic E-state index is 13.9. The van der Waals surface area contributed by atoms with Crippen LogP contribution in [0.3, 0.4) is 0 Å². The number of hydrogen-bond donors (Lipinski definition) is 1. The number of nitrogens with zero attached hydrogens (tertiary/aromatic N) is 2. The molecule has 0 unspecified atom stereocenters. The molecule has 0 radical (unpaired) electrons. The molecule has 0 saturated heterocycles. The van der Waals surface area contributed by atoms with Gasteiger partial charge in [-0.1, -0.05) is 23.8 Å². The molecule has 37 heavy (non-hydrogen) atoms. The Morgan fingerprint density at radius 1 is 1.14 bits per heavy atom. The summed E-state index contributed by atoms with van der Waals surface area (Å²) in [5.74, 6) is -0.391. The molecular weight excluding hydrogens is 506 g/mol. The van der Waals surface area contributed by atoms with E-state index < -0.39 is 11.9 Å². The fraction of sp³-hybridized carbons (Fsp3) is 0.357. The van der Waals surface area contributed by atoms with E-state index in [1.165, 1.54) is 20.8 Å². The third kappa shape index (κ3) is 4.73. The molecule has 0 saturated carbocycles. The number of aromatic nitrogens is 2. The van der Waals surface area contributed by atoms with E-state index in [-0.39, 0.29) is 18.7 Å². The molecule has 192 valence electrons. The number of carbonyl (C=O) groups excluding carboxylic acids is 2. The number of thiophene rings is 2. The number of aryl methyl sites for hydroxylation is 4. The summed E-state index contributed by atoms with van der Waals surface area (Å²) in [6.45, 7) is 7.50. The van der Waals surface area contributed by atoms with Gasteiger partial charge in [0, 0.05) is 15.3 Å². The Kier molecular flexibility index (Phi) is 7.00. The summed E-state index contributed by atoms with van der Waals surface area (Å²) in [5.41, 5.74) is 3.86. The molecule has 7 nitrogen and oxygen atoms in total. The molecule has 1 amide bonds. The Morgan fingerprint density at radius 3 is 2.68 bits per heavy atom. The summed E-state index contributed by atoms with van der Waals surface area (Å²) >= 11 is 2.93. The second-order valence-corrected chi connectivity index (χ2v) is 11.7. The van der Waals surface area contributed by atoms with Crippen LogP contribution < -0.4 is 10.9 Å². The van der Waals surface area contributed by atoms with E-state index in [0.29, 0.717) is 21.8 Å². The topological polar surface area (TPSA) is 90.3 Å². The molecule has 4 aromatic rings. The summed E-state index contributed by atoms with van der Waals surface area (Å²) in [6, 6.07) is 7.79. The summed E-state index contributed by atoms with van der Waals surface area (Å²) in [5, 5.41) is 3.95. The first-order valence-electron chi connectivity index (χ1n) is 12.5. The molecule has 5 rings (SSSR count). The zero-order valence-corrected chi connectivity index (χ0v) is 23.0. The number of esters is 1. The SMILES string of the molecule is CCOC(=O)c1c(NC(=O)Cn2c(-c3cccc(C)c3)nc3sc4c(c3c2=O)CCCC4)sc(C)c1C. The van der Waals surface area contributed by atoms with Crippen molar-refractivity contribution in [2.24, 2.45) is 0 Å². The number of fused-ring (bicyclic) bond motifs is 3. The van der Waals surface area contributed by atoms with Gasteiger partial charge in [0.1, 0.15) is 22.2 Å². The van der Waals surface area contributed by atoms with E-state index in [0.717, 1.165) is 57.6 Å². The summed E-state index contributed by atoms with van der Waals surface area (Å²) in [4.78, 5) is 47.7. The van der Waals surface area contributed by atoms with Crippen LogP contribution in [0.25, 0.3) is 21.6 Å². The number of carbonyl (C=O) groups is 2. The fourth-order valence-corrected chi connectivity index (χ4v) is 7.18. The molecule has 1 aliphatic carbocycles. The van der Waals surface area contributed by atoms with Crippen LogP contribution in [-0.2, 0) is 28.9 Å². The minimum atomic E-state index is -0.467. The first kappa shape index (κ1) is 25.4. The predicted molar refractivity (Wildman–Crippen MR) is 149 cm³/mol. The number of benzene rings is 1. The number of nitrogens with one attached hydrogen (secondary N) is 1. The summed E-state index contributed by atoms with van der Waals surface area (Å²) < 4.78 is 6.69. The van der Waals surface area contributed by atoms with Crippen molar-refractivity contribution in [3.63, 3.8) is 0 Å². The molecule has 3 heterocycles. The van der Waals surface area contributed by atoms with E-state index in [4.69, 9.17) is 9.72 Å². The van der Waals surface area contributed by atoms with Gasteiger partial charge in [0.2, 0.25) is 5.91 Å². The normalized spacial score (nSPS) is 13.0. The second kappa shape index (κ2) is 10.2. The third-order valence-corrected chi connectivity index (χ3v) is 9.08. The third-order valence-electron chi connectivity index (χ3n) is 6.77.